The van der Waals surface area contributed by atoms with Crippen molar-refractivity contribution in [2.75, 3.05) is 34.2 Å². The lowest BCUT2D eigenvalue weighted by atomic mass is 10.1. The molecule has 0 radical (unpaired) electrons. The second-order valence-corrected chi connectivity index (χ2v) is 7.06. The van der Waals surface area contributed by atoms with E-state index in [9.17, 15) is 4.79 Å². The van der Waals surface area contributed by atoms with E-state index in [1.807, 2.05) is 0 Å². The Kier molecular flexibility index (Phi) is 6.95. The SMILES string of the molecule is COc1cccc(-c2c(C(=O)N/N=C/c3cc(OC)c(OC)c(OC)c3)nnn2-c2nonc2N)c1. The van der Waals surface area contributed by atoms with Gasteiger partial charge in [0.05, 0.1) is 34.7 Å². The zero-order chi connectivity index (χ0) is 25.7. The molecular formula is C22H22N8O6. The number of nitrogen functional groups attached to an aromatic ring is 1. The number of nitrogens with one attached hydrogen (secondary N) is 1. The van der Waals surface area contributed by atoms with Gasteiger partial charge in [0.15, 0.2) is 17.2 Å². The van der Waals surface area contributed by atoms with Crippen molar-refractivity contribution in [3.63, 3.8) is 0 Å². The lowest BCUT2D eigenvalue weighted by Crippen LogP contribution is -2.19. The molecule has 2 aromatic carbocycles. The average Bonchev–Trinajstić information content (AvgIpc) is 3.53. The van der Waals surface area contributed by atoms with Crippen LogP contribution in [0.3, 0.4) is 0 Å². The van der Waals surface area contributed by atoms with Crippen molar-refractivity contribution in [1.82, 2.24) is 30.7 Å². The van der Waals surface area contributed by atoms with E-state index in [2.05, 4.69) is 35.8 Å². The van der Waals surface area contributed by atoms with Gasteiger partial charge < -0.3 is 24.7 Å². The Hall–Kier alpha value is -5.14. The monoisotopic (exact) mass is 494 g/mol. The third-order valence-corrected chi connectivity index (χ3v) is 4.99. The average molecular weight is 494 g/mol. The molecule has 0 unspecified atom stereocenters. The fourth-order valence-electron chi connectivity index (χ4n) is 3.34. The summed E-state index contributed by atoms with van der Waals surface area (Å²) in [5.41, 5.74) is 9.65. The maximum Gasteiger partial charge on any atom is 0.294 e. The molecule has 14 nitrogen and oxygen atoms in total. The van der Waals surface area contributed by atoms with Crippen LogP contribution < -0.4 is 30.1 Å². The van der Waals surface area contributed by atoms with Gasteiger partial charge in [-0.25, -0.2) is 10.1 Å². The summed E-state index contributed by atoms with van der Waals surface area (Å²) in [6.07, 6.45) is 1.41. The lowest BCUT2D eigenvalue weighted by Gasteiger charge is -2.12. The number of benzene rings is 2. The second-order valence-electron chi connectivity index (χ2n) is 7.06. The number of nitrogens with two attached hydrogens (primary N) is 1. The molecule has 1 amide bonds. The van der Waals surface area contributed by atoms with Crippen molar-refractivity contribution in [3.8, 4) is 40.1 Å². The quantitative estimate of drug-likeness (QED) is 0.256. The number of aromatic nitrogens is 5. The topological polar surface area (TPSA) is 174 Å². The molecule has 0 atom stereocenters. The highest BCUT2D eigenvalue weighted by Gasteiger charge is 2.25. The molecular weight excluding hydrogens is 472 g/mol. The first-order chi connectivity index (χ1) is 17.5. The number of amides is 1. The van der Waals surface area contributed by atoms with Gasteiger partial charge >= 0.3 is 0 Å². The molecule has 0 bridgehead atoms. The number of nitrogens with zero attached hydrogens (tertiary/aromatic N) is 6. The van der Waals surface area contributed by atoms with Gasteiger partial charge in [-0.1, -0.05) is 17.3 Å². The molecule has 14 heteroatoms. The Morgan fingerprint density at radius 1 is 1.06 bits per heavy atom. The van der Waals surface area contributed by atoms with E-state index in [0.717, 1.165) is 0 Å². The summed E-state index contributed by atoms with van der Waals surface area (Å²) in [4.78, 5) is 13.1. The molecule has 0 saturated carbocycles. The van der Waals surface area contributed by atoms with E-state index in [1.54, 1.807) is 36.4 Å². The predicted octanol–water partition coefficient (Wildman–Crippen LogP) is 1.70. The number of carbonyl (C=O) groups is 1. The van der Waals surface area contributed by atoms with Crippen molar-refractivity contribution >= 4 is 17.9 Å². The normalized spacial score (nSPS) is 10.9. The van der Waals surface area contributed by atoms with Crippen LogP contribution in [0.4, 0.5) is 5.82 Å². The van der Waals surface area contributed by atoms with Crippen LogP contribution in [-0.4, -0.2) is 65.9 Å². The van der Waals surface area contributed by atoms with E-state index in [0.29, 0.717) is 34.1 Å². The molecule has 0 aliphatic heterocycles. The van der Waals surface area contributed by atoms with E-state index in [1.165, 1.54) is 39.3 Å². The Bertz CT molecular complexity index is 1390. The molecule has 3 N–H and O–H groups in total. The van der Waals surface area contributed by atoms with Crippen LogP contribution in [0.15, 0.2) is 46.1 Å². The van der Waals surface area contributed by atoms with Gasteiger partial charge in [0.2, 0.25) is 17.4 Å². The number of anilines is 1. The van der Waals surface area contributed by atoms with Gasteiger partial charge in [-0.3, -0.25) is 4.79 Å². The van der Waals surface area contributed by atoms with E-state index < -0.39 is 5.91 Å². The Morgan fingerprint density at radius 3 is 2.42 bits per heavy atom. The Balaban J connectivity index is 1.67. The minimum atomic E-state index is -0.641. The van der Waals surface area contributed by atoms with Gasteiger partial charge in [-0.15, -0.1) is 5.10 Å². The van der Waals surface area contributed by atoms with Crippen LogP contribution in [0.5, 0.6) is 23.0 Å². The highest BCUT2D eigenvalue weighted by molar-refractivity contribution is 5.99. The minimum absolute atomic E-state index is 0.0311. The maximum atomic E-state index is 13.1. The van der Waals surface area contributed by atoms with E-state index >= 15 is 0 Å². The van der Waals surface area contributed by atoms with Crippen LogP contribution in [0.25, 0.3) is 17.1 Å². The Labute approximate surface area is 204 Å². The molecule has 4 rings (SSSR count). The van der Waals surface area contributed by atoms with Gasteiger partial charge in [-0.2, -0.15) is 9.78 Å². The molecule has 0 spiro atoms. The highest BCUT2D eigenvalue weighted by Crippen LogP contribution is 2.37. The number of hydrogen-bond donors (Lipinski definition) is 2. The van der Waals surface area contributed by atoms with Crippen LogP contribution in [-0.2, 0) is 0 Å². The van der Waals surface area contributed by atoms with Gasteiger partial charge in [0, 0.05) is 11.1 Å². The number of carbonyl (C=O) groups excluding carboxylic acids is 1. The molecule has 0 aliphatic carbocycles. The van der Waals surface area contributed by atoms with Crippen LogP contribution in [0.1, 0.15) is 16.1 Å². The smallest absolute Gasteiger partial charge is 0.294 e. The second kappa shape index (κ2) is 10.4. The van der Waals surface area contributed by atoms with E-state index in [-0.39, 0.29) is 23.0 Å². The zero-order valence-corrected chi connectivity index (χ0v) is 19.8. The summed E-state index contributed by atoms with van der Waals surface area (Å²) in [5, 5.41) is 19.4. The van der Waals surface area contributed by atoms with Gasteiger partial charge in [0.25, 0.3) is 5.91 Å². The first kappa shape index (κ1) is 24.0. The molecule has 0 fully saturated rings. The summed E-state index contributed by atoms with van der Waals surface area (Å²) in [7, 11) is 6.03. The van der Waals surface area contributed by atoms with Crippen LogP contribution in [0, 0.1) is 0 Å². The molecule has 2 aromatic heterocycles. The largest absolute Gasteiger partial charge is 0.497 e. The summed E-state index contributed by atoms with van der Waals surface area (Å²) < 4.78 is 27.2. The standard InChI is InChI=1S/C22H22N8O6/c1-32-14-7-5-6-13(10-14)18-17(25-29-30(18)21-20(23)27-36-28-21)22(31)26-24-11-12-8-15(33-2)19(35-4)16(9-12)34-3/h5-11H,1-4H3,(H2,23,27)(H,26,31)/b24-11+. The Morgan fingerprint density at radius 2 is 1.81 bits per heavy atom. The number of hydrogen-bond acceptors (Lipinski definition) is 12. The van der Waals surface area contributed by atoms with Crippen molar-refractivity contribution in [2.24, 2.45) is 5.10 Å². The van der Waals surface area contributed by atoms with Crippen LogP contribution >= 0.6 is 0 Å². The van der Waals surface area contributed by atoms with Crippen molar-refractivity contribution in [3.05, 3.63) is 47.7 Å². The number of methoxy groups -OCH3 is 4. The minimum Gasteiger partial charge on any atom is -0.497 e. The molecule has 0 saturated heterocycles. The number of ether oxygens (including phenoxy) is 4. The van der Waals surface area contributed by atoms with Gasteiger partial charge in [0.1, 0.15) is 11.4 Å². The fourth-order valence-corrected chi connectivity index (χ4v) is 3.34. The molecule has 36 heavy (non-hydrogen) atoms. The third kappa shape index (κ3) is 4.59. The summed E-state index contributed by atoms with van der Waals surface area (Å²) in [6.45, 7) is 0. The van der Waals surface area contributed by atoms with Crippen LogP contribution in [0.2, 0.25) is 0 Å². The first-order valence-electron chi connectivity index (χ1n) is 10.3. The predicted molar refractivity (Wildman–Crippen MR) is 127 cm³/mol. The summed E-state index contributed by atoms with van der Waals surface area (Å²) in [5.74, 6) is 1.26. The summed E-state index contributed by atoms with van der Waals surface area (Å²) in [6, 6.07) is 10.3. The van der Waals surface area contributed by atoms with Crippen molar-refractivity contribution in [1.29, 1.82) is 0 Å². The van der Waals surface area contributed by atoms with Gasteiger partial charge in [-0.05, 0) is 34.6 Å². The molecule has 186 valence electrons. The maximum absolute atomic E-state index is 13.1. The molecule has 4 aromatic rings. The summed E-state index contributed by atoms with van der Waals surface area (Å²) >= 11 is 0. The van der Waals surface area contributed by atoms with Crippen molar-refractivity contribution < 1.29 is 28.4 Å². The van der Waals surface area contributed by atoms with Crippen molar-refractivity contribution in [2.45, 2.75) is 0 Å². The fraction of sp³-hybridized carbons (Fsp3) is 0.182. The lowest BCUT2D eigenvalue weighted by molar-refractivity contribution is 0.0950. The highest BCUT2D eigenvalue weighted by atomic mass is 16.6. The molecule has 0 aliphatic rings. The first-order valence-corrected chi connectivity index (χ1v) is 10.3. The third-order valence-electron chi connectivity index (χ3n) is 4.99. The molecule has 2 heterocycles. The van der Waals surface area contributed by atoms with E-state index in [4.69, 9.17) is 24.7 Å². The number of rotatable bonds is 9. The zero-order valence-electron chi connectivity index (χ0n) is 19.8. The number of hydrazone groups is 1.